The molecule has 4 nitrogen and oxygen atoms in total. The van der Waals surface area contributed by atoms with Gasteiger partial charge in [0.2, 0.25) is 0 Å². The summed E-state index contributed by atoms with van der Waals surface area (Å²) in [5.41, 5.74) is 1.60. The topological polar surface area (TPSA) is 55.1 Å². The largest absolute Gasteiger partial charge is 0.476 e. The third-order valence-corrected chi connectivity index (χ3v) is 3.10. The van der Waals surface area contributed by atoms with Crippen molar-refractivity contribution in [1.82, 2.24) is 9.78 Å². The fourth-order valence-corrected chi connectivity index (χ4v) is 2.12. The molecular weight excluding hydrogens is 240 g/mol. The first-order valence-electron chi connectivity index (χ1n) is 5.94. The van der Waals surface area contributed by atoms with Crippen molar-refractivity contribution in [2.75, 3.05) is 0 Å². The van der Waals surface area contributed by atoms with Crippen LogP contribution in [-0.4, -0.2) is 20.9 Å². The second-order valence-corrected chi connectivity index (χ2v) is 4.44. The third-order valence-electron chi connectivity index (χ3n) is 3.10. The molecule has 1 N–H and O–H groups in total. The zero-order valence-corrected chi connectivity index (χ0v) is 10.4. The highest BCUT2D eigenvalue weighted by atomic mass is 16.4. The molecule has 1 aromatic heterocycles. The average Bonchev–Trinajstić information content (AvgIpc) is 2.80. The number of carboxylic acid groups (broad SMARTS) is 1. The first-order valence-corrected chi connectivity index (χ1v) is 5.94. The van der Waals surface area contributed by atoms with Gasteiger partial charge in [0.1, 0.15) is 0 Å². The number of hydrogen-bond donors (Lipinski definition) is 1. The van der Waals surface area contributed by atoms with Crippen LogP contribution in [0.15, 0.2) is 48.7 Å². The first kappa shape index (κ1) is 11.5. The van der Waals surface area contributed by atoms with Gasteiger partial charge in [-0.2, -0.15) is 5.10 Å². The van der Waals surface area contributed by atoms with E-state index in [1.807, 2.05) is 42.5 Å². The molecule has 0 atom stereocenters. The number of aromatic nitrogens is 2. The van der Waals surface area contributed by atoms with Crippen molar-refractivity contribution in [1.29, 1.82) is 0 Å². The van der Waals surface area contributed by atoms with Crippen molar-refractivity contribution in [2.24, 2.45) is 0 Å². The minimum absolute atomic E-state index is 0.0909. The zero-order chi connectivity index (χ0) is 13.4. The maximum Gasteiger partial charge on any atom is 0.356 e. The van der Waals surface area contributed by atoms with Gasteiger partial charge in [0.05, 0.1) is 5.69 Å². The van der Waals surface area contributed by atoms with E-state index in [1.165, 1.54) is 0 Å². The van der Waals surface area contributed by atoms with Crippen LogP contribution in [0.5, 0.6) is 0 Å². The van der Waals surface area contributed by atoms with Crippen LogP contribution in [0.4, 0.5) is 0 Å². The van der Waals surface area contributed by atoms with Crippen LogP contribution in [0.3, 0.4) is 0 Å². The monoisotopic (exact) mass is 252 g/mol. The van der Waals surface area contributed by atoms with Crippen LogP contribution in [0.25, 0.3) is 16.5 Å². The quantitative estimate of drug-likeness (QED) is 0.762. The Balaban J connectivity index is 2.13. The van der Waals surface area contributed by atoms with E-state index in [1.54, 1.807) is 17.8 Å². The SMILES string of the molecule is Cc1cn(-c2ccc3ccccc3c2)nc1C(=O)O. The van der Waals surface area contributed by atoms with E-state index in [-0.39, 0.29) is 5.69 Å². The van der Waals surface area contributed by atoms with E-state index in [4.69, 9.17) is 5.11 Å². The Hall–Kier alpha value is -2.62. The minimum Gasteiger partial charge on any atom is -0.476 e. The molecule has 1 heterocycles. The second kappa shape index (κ2) is 4.24. The summed E-state index contributed by atoms with van der Waals surface area (Å²) >= 11 is 0. The van der Waals surface area contributed by atoms with Gasteiger partial charge in [0, 0.05) is 11.8 Å². The summed E-state index contributed by atoms with van der Waals surface area (Å²) in [6.07, 6.45) is 1.73. The number of benzene rings is 2. The molecule has 0 aliphatic heterocycles. The molecule has 2 aromatic carbocycles. The van der Waals surface area contributed by atoms with E-state index in [0.29, 0.717) is 5.56 Å². The van der Waals surface area contributed by atoms with Gasteiger partial charge in [0.25, 0.3) is 0 Å². The average molecular weight is 252 g/mol. The predicted molar refractivity (Wildman–Crippen MR) is 72.8 cm³/mol. The molecule has 0 saturated carbocycles. The summed E-state index contributed by atoms with van der Waals surface area (Å²) in [4.78, 5) is 11.0. The Morgan fingerprint density at radius 3 is 2.58 bits per heavy atom. The number of fused-ring (bicyclic) bond motifs is 1. The lowest BCUT2D eigenvalue weighted by Gasteiger charge is -2.03. The van der Waals surface area contributed by atoms with Crippen LogP contribution in [-0.2, 0) is 0 Å². The maximum absolute atomic E-state index is 11.0. The molecule has 0 bridgehead atoms. The van der Waals surface area contributed by atoms with Crippen molar-refractivity contribution >= 4 is 16.7 Å². The van der Waals surface area contributed by atoms with Crippen molar-refractivity contribution in [3.8, 4) is 5.69 Å². The highest BCUT2D eigenvalue weighted by molar-refractivity contribution is 5.87. The van der Waals surface area contributed by atoms with Crippen LogP contribution in [0, 0.1) is 6.92 Å². The fourth-order valence-electron chi connectivity index (χ4n) is 2.12. The van der Waals surface area contributed by atoms with Gasteiger partial charge in [-0.1, -0.05) is 30.3 Å². The van der Waals surface area contributed by atoms with Gasteiger partial charge in [-0.25, -0.2) is 9.48 Å². The standard InChI is InChI=1S/C15H12N2O2/c1-10-9-17(16-14(10)15(18)19)13-7-6-11-4-2-3-5-12(11)8-13/h2-9H,1H3,(H,18,19). The second-order valence-electron chi connectivity index (χ2n) is 4.44. The van der Waals surface area contributed by atoms with E-state index in [0.717, 1.165) is 16.5 Å². The summed E-state index contributed by atoms with van der Waals surface area (Å²) in [6, 6.07) is 13.9. The lowest BCUT2D eigenvalue weighted by molar-refractivity contribution is 0.0689. The number of aromatic carboxylic acids is 1. The summed E-state index contributed by atoms with van der Waals surface area (Å²) in [5, 5.41) is 15.4. The predicted octanol–water partition coefficient (Wildman–Crippen LogP) is 3.03. The van der Waals surface area contributed by atoms with E-state index >= 15 is 0 Å². The van der Waals surface area contributed by atoms with Crippen LogP contribution < -0.4 is 0 Å². The minimum atomic E-state index is -1.00. The molecule has 0 spiro atoms. The van der Waals surface area contributed by atoms with Crippen LogP contribution >= 0.6 is 0 Å². The molecule has 0 unspecified atom stereocenters. The number of carbonyl (C=O) groups is 1. The molecule has 94 valence electrons. The van der Waals surface area contributed by atoms with Gasteiger partial charge >= 0.3 is 5.97 Å². The molecule has 0 radical (unpaired) electrons. The number of hydrogen-bond acceptors (Lipinski definition) is 2. The molecule has 0 saturated heterocycles. The Bertz CT molecular complexity index is 775. The smallest absolute Gasteiger partial charge is 0.356 e. The van der Waals surface area contributed by atoms with Crippen molar-refractivity contribution < 1.29 is 9.90 Å². The van der Waals surface area contributed by atoms with Crippen molar-refractivity contribution in [3.05, 3.63) is 59.9 Å². The lowest BCUT2D eigenvalue weighted by Crippen LogP contribution is -2.01. The Kier molecular flexibility index (Phi) is 2.56. The molecular formula is C15H12N2O2. The van der Waals surface area contributed by atoms with Crippen molar-refractivity contribution in [3.63, 3.8) is 0 Å². The molecule has 0 amide bonds. The first-order chi connectivity index (χ1) is 9.15. The normalized spacial score (nSPS) is 10.8. The Morgan fingerprint density at radius 1 is 1.16 bits per heavy atom. The van der Waals surface area contributed by atoms with Gasteiger partial charge in [0.15, 0.2) is 5.69 Å². The van der Waals surface area contributed by atoms with Gasteiger partial charge < -0.3 is 5.11 Å². The van der Waals surface area contributed by atoms with E-state index < -0.39 is 5.97 Å². The summed E-state index contributed by atoms with van der Waals surface area (Å²) in [7, 11) is 0. The third kappa shape index (κ3) is 1.97. The van der Waals surface area contributed by atoms with Gasteiger partial charge in [-0.3, -0.25) is 0 Å². The number of carboxylic acids is 1. The van der Waals surface area contributed by atoms with E-state index in [9.17, 15) is 4.79 Å². The highest BCUT2D eigenvalue weighted by Gasteiger charge is 2.13. The highest BCUT2D eigenvalue weighted by Crippen LogP contribution is 2.19. The summed E-state index contributed by atoms with van der Waals surface area (Å²) in [6.45, 7) is 1.74. The Labute approximate surface area is 109 Å². The number of nitrogens with zero attached hydrogens (tertiary/aromatic N) is 2. The molecule has 4 heteroatoms. The number of rotatable bonds is 2. The Morgan fingerprint density at radius 2 is 1.89 bits per heavy atom. The van der Waals surface area contributed by atoms with Gasteiger partial charge in [-0.05, 0) is 29.8 Å². The summed E-state index contributed by atoms with van der Waals surface area (Å²) in [5.74, 6) is -1.00. The molecule has 0 fully saturated rings. The molecule has 19 heavy (non-hydrogen) atoms. The van der Waals surface area contributed by atoms with Crippen molar-refractivity contribution in [2.45, 2.75) is 6.92 Å². The number of aryl methyl sites for hydroxylation is 1. The summed E-state index contributed by atoms with van der Waals surface area (Å²) < 4.78 is 1.60. The van der Waals surface area contributed by atoms with Crippen LogP contribution in [0.1, 0.15) is 16.1 Å². The molecule has 3 aromatic rings. The fraction of sp³-hybridized carbons (Fsp3) is 0.0667. The van der Waals surface area contributed by atoms with Gasteiger partial charge in [-0.15, -0.1) is 0 Å². The molecule has 3 rings (SSSR count). The zero-order valence-electron chi connectivity index (χ0n) is 10.4. The molecule has 0 aliphatic rings. The van der Waals surface area contributed by atoms with Crippen LogP contribution in [0.2, 0.25) is 0 Å². The lowest BCUT2D eigenvalue weighted by atomic mass is 10.1. The maximum atomic E-state index is 11.0. The van der Waals surface area contributed by atoms with E-state index in [2.05, 4.69) is 5.10 Å². The molecule has 0 aliphatic carbocycles.